The molecule has 1 aromatic heterocycles. The maximum absolute atomic E-state index is 9.79. The largest absolute Gasteiger partial charge is 0.394 e. The lowest BCUT2D eigenvalue weighted by Crippen LogP contribution is -2.47. The van der Waals surface area contributed by atoms with E-state index in [1.54, 1.807) is 0 Å². The van der Waals surface area contributed by atoms with E-state index >= 15 is 0 Å². The minimum Gasteiger partial charge on any atom is -0.394 e. The van der Waals surface area contributed by atoms with E-state index < -0.39 is 0 Å². The summed E-state index contributed by atoms with van der Waals surface area (Å²) >= 11 is 3.59. The summed E-state index contributed by atoms with van der Waals surface area (Å²) in [6, 6.07) is 1.04. The molecule has 2 aliphatic carbocycles. The third kappa shape index (κ3) is 2.48. The van der Waals surface area contributed by atoms with Crippen LogP contribution in [0.4, 0.5) is 0 Å². The number of nitrogens with one attached hydrogen (secondary N) is 1. The second-order valence-corrected chi connectivity index (χ2v) is 6.98. The first-order chi connectivity index (χ1) is 9.04. The maximum Gasteiger partial charge on any atom is 0.0738 e. The summed E-state index contributed by atoms with van der Waals surface area (Å²) < 4.78 is 3.26. The van der Waals surface area contributed by atoms with Gasteiger partial charge in [0.25, 0.3) is 0 Å². The standard InChI is InChI=1S/C14H22BrN3O/c1-9-13(15)10(2)18(17-9)12-5-6-14(7-12,8-19)16-11-3-4-11/h11-12,16,19H,3-8H2,1-2H3. The van der Waals surface area contributed by atoms with Crippen molar-refractivity contribution in [2.45, 2.75) is 63.6 Å². The third-order valence-corrected chi connectivity index (χ3v) is 5.70. The summed E-state index contributed by atoms with van der Waals surface area (Å²) in [6.45, 7) is 4.38. The average Bonchev–Trinajstić information content (AvgIpc) is 3.05. The Hall–Kier alpha value is -0.390. The highest BCUT2D eigenvalue weighted by Gasteiger charge is 2.43. The van der Waals surface area contributed by atoms with E-state index in [0.29, 0.717) is 12.1 Å². The monoisotopic (exact) mass is 327 g/mol. The lowest BCUT2D eigenvalue weighted by atomic mass is 9.98. The highest BCUT2D eigenvalue weighted by Crippen LogP contribution is 2.41. The van der Waals surface area contributed by atoms with Gasteiger partial charge in [0.2, 0.25) is 0 Å². The minimum absolute atomic E-state index is 0.0788. The van der Waals surface area contributed by atoms with E-state index in [-0.39, 0.29) is 12.1 Å². The molecule has 0 spiro atoms. The topological polar surface area (TPSA) is 50.1 Å². The summed E-state index contributed by atoms with van der Waals surface area (Å²) in [5.41, 5.74) is 2.17. The molecule has 0 amide bonds. The molecule has 1 aromatic rings. The molecular weight excluding hydrogens is 306 g/mol. The van der Waals surface area contributed by atoms with E-state index in [2.05, 4.69) is 38.0 Å². The summed E-state index contributed by atoms with van der Waals surface area (Å²) in [6.07, 6.45) is 5.64. The fourth-order valence-corrected chi connectivity index (χ4v) is 3.55. The van der Waals surface area contributed by atoms with Gasteiger partial charge in [-0.25, -0.2) is 0 Å². The number of aromatic nitrogens is 2. The van der Waals surface area contributed by atoms with E-state index in [9.17, 15) is 5.11 Å². The maximum atomic E-state index is 9.79. The number of aliphatic hydroxyl groups excluding tert-OH is 1. The zero-order valence-corrected chi connectivity index (χ0v) is 13.2. The van der Waals surface area contributed by atoms with Crippen molar-refractivity contribution in [3.63, 3.8) is 0 Å². The molecule has 2 fully saturated rings. The zero-order valence-electron chi connectivity index (χ0n) is 11.6. The van der Waals surface area contributed by atoms with Gasteiger partial charge in [0.15, 0.2) is 0 Å². The number of aliphatic hydroxyl groups is 1. The van der Waals surface area contributed by atoms with Crippen molar-refractivity contribution in [3.05, 3.63) is 15.9 Å². The van der Waals surface area contributed by atoms with Crippen LogP contribution in [0.1, 0.15) is 49.5 Å². The molecule has 0 aromatic carbocycles. The first-order valence-corrected chi connectivity index (χ1v) is 7.94. The Morgan fingerprint density at radius 1 is 1.42 bits per heavy atom. The minimum atomic E-state index is -0.0788. The second-order valence-electron chi connectivity index (χ2n) is 6.18. The molecule has 2 atom stereocenters. The van der Waals surface area contributed by atoms with Crippen molar-refractivity contribution in [2.24, 2.45) is 0 Å². The highest BCUT2D eigenvalue weighted by atomic mass is 79.9. The average molecular weight is 328 g/mol. The van der Waals surface area contributed by atoms with Crippen LogP contribution in [0, 0.1) is 13.8 Å². The Labute approximate surface area is 122 Å². The molecule has 0 saturated heterocycles. The van der Waals surface area contributed by atoms with Crippen molar-refractivity contribution >= 4 is 15.9 Å². The third-order valence-electron chi connectivity index (χ3n) is 4.56. The molecule has 2 saturated carbocycles. The van der Waals surface area contributed by atoms with Crippen LogP contribution in [0.25, 0.3) is 0 Å². The van der Waals surface area contributed by atoms with Gasteiger partial charge in [-0.05, 0) is 61.9 Å². The van der Waals surface area contributed by atoms with Crippen molar-refractivity contribution in [1.29, 1.82) is 0 Å². The van der Waals surface area contributed by atoms with Gasteiger partial charge in [-0.1, -0.05) is 0 Å². The van der Waals surface area contributed by atoms with Crippen LogP contribution in [-0.2, 0) is 0 Å². The lowest BCUT2D eigenvalue weighted by Gasteiger charge is -2.29. The summed E-state index contributed by atoms with van der Waals surface area (Å²) in [7, 11) is 0. The Bertz CT molecular complexity index is 483. The predicted octanol–water partition coefficient (Wildman–Crippen LogP) is 2.47. The molecule has 0 aliphatic heterocycles. The zero-order chi connectivity index (χ0) is 13.6. The van der Waals surface area contributed by atoms with Crippen LogP contribution < -0.4 is 5.32 Å². The summed E-state index contributed by atoms with van der Waals surface area (Å²) in [4.78, 5) is 0. The van der Waals surface area contributed by atoms with Crippen LogP contribution in [0.3, 0.4) is 0 Å². The fraction of sp³-hybridized carbons (Fsp3) is 0.786. The molecule has 0 bridgehead atoms. The van der Waals surface area contributed by atoms with Gasteiger partial charge in [-0.15, -0.1) is 0 Å². The molecule has 5 heteroatoms. The van der Waals surface area contributed by atoms with Gasteiger partial charge in [-0.3, -0.25) is 4.68 Å². The smallest absolute Gasteiger partial charge is 0.0738 e. The van der Waals surface area contributed by atoms with Gasteiger partial charge in [-0.2, -0.15) is 5.10 Å². The van der Waals surface area contributed by atoms with Crippen LogP contribution in [0.5, 0.6) is 0 Å². The molecule has 4 nitrogen and oxygen atoms in total. The van der Waals surface area contributed by atoms with Crippen molar-refractivity contribution < 1.29 is 5.11 Å². The van der Waals surface area contributed by atoms with Gasteiger partial charge in [0.05, 0.1) is 28.5 Å². The number of hydrogen-bond acceptors (Lipinski definition) is 3. The van der Waals surface area contributed by atoms with Crippen molar-refractivity contribution in [3.8, 4) is 0 Å². The fourth-order valence-electron chi connectivity index (χ4n) is 3.29. The van der Waals surface area contributed by atoms with E-state index in [1.807, 2.05) is 6.92 Å². The number of aryl methyl sites for hydroxylation is 1. The second kappa shape index (κ2) is 4.86. The first kappa shape index (κ1) is 13.6. The number of nitrogens with zero attached hydrogens (tertiary/aromatic N) is 2. The highest BCUT2D eigenvalue weighted by molar-refractivity contribution is 9.10. The molecule has 3 rings (SSSR count). The number of rotatable bonds is 4. The Balaban J connectivity index is 1.78. The molecular formula is C14H22BrN3O. The molecule has 1 heterocycles. The molecule has 106 valence electrons. The van der Waals surface area contributed by atoms with Crippen LogP contribution in [-0.4, -0.2) is 33.1 Å². The van der Waals surface area contributed by atoms with Crippen LogP contribution in [0.15, 0.2) is 4.47 Å². The SMILES string of the molecule is Cc1nn(C2CCC(CO)(NC3CC3)C2)c(C)c1Br. The van der Waals surface area contributed by atoms with Gasteiger partial charge in [0, 0.05) is 11.6 Å². The number of hydrogen-bond donors (Lipinski definition) is 2. The molecule has 2 aliphatic rings. The molecule has 2 N–H and O–H groups in total. The van der Waals surface area contributed by atoms with Gasteiger partial charge in [0.1, 0.15) is 0 Å². The molecule has 0 radical (unpaired) electrons. The molecule has 19 heavy (non-hydrogen) atoms. The van der Waals surface area contributed by atoms with E-state index in [4.69, 9.17) is 0 Å². The van der Waals surface area contributed by atoms with Gasteiger partial charge >= 0.3 is 0 Å². The summed E-state index contributed by atoms with van der Waals surface area (Å²) in [5.74, 6) is 0. The molecule has 2 unspecified atom stereocenters. The number of halogens is 1. The van der Waals surface area contributed by atoms with Crippen LogP contribution >= 0.6 is 15.9 Å². The first-order valence-electron chi connectivity index (χ1n) is 7.14. The van der Waals surface area contributed by atoms with Gasteiger partial charge < -0.3 is 10.4 Å². The Morgan fingerprint density at radius 2 is 2.16 bits per heavy atom. The Kier molecular flexibility index (Phi) is 3.48. The van der Waals surface area contributed by atoms with Crippen molar-refractivity contribution in [1.82, 2.24) is 15.1 Å². The van der Waals surface area contributed by atoms with Crippen molar-refractivity contribution in [2.75, 3.05) is 6.61 Å². The lowest BCUT2D eigenvalue weighted by molar-refractivity contribution is 0.158. The normalized spacial score (nSPS) is 31.1. The quantitative estimate of drug-likeness (QED) is 0.893. The Morgan fingerprint density at radius 3 is 2.68 bits per heavy atom. The predicted molar refractivity (Wildman–Crippen MR) is 78.3 cm³/mol. The van der Waals surface area contributed by atoms with Crippen LogP contribution in [0.2, 0.25) is 0 Å². The summed E-state index contributed by atoms with van der Waals surface area (Å²) in [5, 5.41) is 18.1. The van der Waals surface area contributed by atoms with E-state index in [1.165, 1.54) is 18.5 Å². The van der Waals surface area contributed by atoms with E-state index in [0.717, 1.165) is 29.4 Å².